The molecule has 0 spiro atoms. The molecule has 1 aromatic heterocycles. The summed E-state index contributed by atoms with van der Waals surface area (Å²) in [7, 11) is 3.30. The van der Waals surface area contributed by atoms with Crippen LogP contribution >= 0.6 is 11.5 Å². The van der Waals surface area contributed by atoms with Crippen LogP contribution in [0, 0.1) is 0 Å². The summed E-state index contributed by atoms with van der Waals surface area (Å²) in [6.07, 6.45) is 0. The topological polar surface area (TPSA) is 66.3 Å². The first-order valence-corrected chi connectivity index (χ1v) is 5.71. The molecule has 1 amide bonds. The number of phenols is 1. The van der Waals surface area contributed by atoms with E-state index in [1.807, 2.05) is 0 Å². The Balaban J connectivity index is 2.52. The molecule has 0 unspecified atom stereocenters. The molecule has 0 aliphatic carbocycles. The van der Waals surface area contributed by atoms with Gasteiger partial charge < -0.3 is 10.0 Å². The van der Waals surface area contributed by atoms with Gasteiger partial charge in [0.25, 0.3) is 5.91 Å². The number of aromatic nitrogens is 2. The van der Waals surface area contributed by atoms with Gasteiger partial charge in [0.1, 0.15) is 5.75 Å². The van der Waals surface area contributed by atoms with Crippen molar-refractivity contribution in [2.24, 2.45) is 0 Å². The van der Waals surface area contributed by atoms with Crippen molar-refractivity contribution in [2.75, 3.05) is 14.1 Å². The van der Waals surface area contributed by atoms with Gasteiger partial charge in [-0.15, -0.1) is 5.10 Å². The smallest absolute Gasteiger partial charge is 0.275 e. The second-order valence-electron chi connectivity index (χ2n) is 3.67. The number of nitrogens with zero attached hydrogens (tertiary/aromatic N) is 3. The summed E-state index contributed by atoms with van der Waals surface area (Å²) in [6, 6.07) is 6.81. The molecule has 2 rings (SSSR count). The Hall–Kier alpha value is -1.95. The van der Waals surface area contributed by atoms with E-state index in [1.54, 1.807) is 38.4 Å². The molecule has 5 nitrogen and oxygen atoms in total. The fourth-order valence-corrected chi connectivity index (χ4v) is 2.07. The van der Waals surface area contributed by atoms with Crippen LogP contribution in [0.2, 0.25) is 0 Å². The van der Waals surface area contributed by atoms with Gasteiger partial charge in [0, 0.05) is 19.7 Å². The molecule has 0 aliphatic heterocycles. The average Bonchev–Trinajstić information content (AvgIpc) is 2.77. The molecule has 0 saturated carbocycles. The molecule has 1 aromatic carbocycles. The van der Waals surface area contributed by atoms with Crippen molar-refractivity contribution in [3.8, 4) is 16.2 Å². The number of hydrogen-bond acceptors (Lipinski definition) is 5. The number of rotatable bonds is 2. The first kappa shape index (κ1) is 11.5. The molecular formula is C11H11N3O2S. The normalized spacial score (nSPS) is 10.2. The molecule has 0 radical (unpaired) electrons. The monoisotopic (exact) mass is 249 g/mol. The number of benzene rings is 1. The zero-order chi connectivity index (χ0) is 12.4. The molecular weight excluding hydrogens is 238 g/mol. The first-order valence-electron chi connectivity index (χ1n) is 4.93. The summed E-state index contributed by atoms with van der Waals surface area (Å²) in [5.41, 5.74) is 0.842. The minimum Gasteiger partial charge on any atom is -0.507 e. The highest BCUT2D eigenvalue weighted by Crippen LogP contribution is 2.33. The lowest BCUT2D eigenvalue weighted by Gasteiger charge is -2.09. The first-order chi connectivity index (χ1) is 8.11. The lowest BCUT2D eigenvalue weighted by Crippen LogP contribution is -2.22. The number of para-hydroxylation sites is 1. The van der Waals surface area contributed by atoms with Crippen LogP contribution in [0.15, 0.2) is 24.3 Å². The van der Waals surface area contributed by atoms with Crippen LogP contribution in [0.1, 0.15) is 10.5 Å². The Bertz CT molecular complexity index is 551. The number of aromatic hydroxyl groups is 1. The van der Waals surface area contributed by atoms with E-state index in [1.165, 1.54) is 4.90 Å². The van der Waals surface area contributed by atoms with Crippen LogP contribution in [0.25, 0.3) is 10.4 Å². The van der Waals surface area contributed by atoms with Gasteiger partial charge in [-0.25, -0.2) is 0 Å². The number of hydrogen-bond donors (Lipinski definition) is 1. The fraction of sp³-hybridized carbons (Fsp3) is 0.182. The molecule has 6 heteroatoms. The van der Waals surface area contributed by atoms with E-state index in [4.69, 9.17) is 0 Å². The van der Waals surface area contributed by atoms with E-state index in [-0.39, 0.29) is 17.4 Å². The second kappa shape index (κ2) is 4.50. The van der Waals surface area contributed by atoms with Gasteiger partial charge in [0.15, 0.2) is 5.69 Å². The summed E-state index contributed by atoms with van der Waals surface area (Å²) < 4.78 is 3.78. The van der Waals surface area contributed by atoms with Gasteiger partial charge >= 0.3 is 0 Å². The summed E-state index contributed by atoms with van der Waals surface area (Å²) in [6.45, 7) is 0. The van der Waals surface area contributed by atoms with Crippen LogP contribution in [-0.2, 0) is 0 Å². The quantitative estimate of drug-likeness (QED) is 0.878. The highest BCUT2D eigenvalue weighted by molar-refractivity contribution is 7.09. The maximum atomic E-state index is 11.9. The minimum atomic E-state index is -0.225. The van der Waals surface area contributed by atoms with Crippen molar-refractivity contribution >= 4 is 17.4 Å². The van der Waals surface area contributed by atoms with E-state index in [0.717, 1.165) is 11.5 Å². The SMILES string of the molecule is CN(C)C(=O)c1nnsc1-c1ccccc1O. The predicted molar refractivity (Wildman–Crippen MR) is 65.0 cm³/mol. The highest BCUT2D eigenvalue weighted by atomic mass is 32.1. The molecule has 17 heavy (non-hydrogen) atoms. The third-order valence-electron chi connectivity index (χ3n) is 2.25. The van der Waals surface area contributed by atoms with Gasteiger partial charge in [0.2, 0.25) is 0 Å². The molecule has 0 atom stereocenters. The van der Waals surface area contributed by atoms with E-state index in [2.05, 4.69) is 9.59 Å². The van der Waals surface area contributed by atoms with E-state index in [0.29, 0.717) is 10.4 Å². The zero-order valence-electron chi connectivity index (χ0n) is 9.41. The largest absolute Gasteiger partial charge is 0.507 e. The van der Waals surface area contributed by atoms with Gasteiger partial charge in [-0.3, -0.25) is 4.79 Å². The standard InChI is InChI=1S/C11H11N3O2S/c1-14(2)11(16)9-10(17-13-12-9)7-5-3-4-6-8(7)15/h3-6,15H,1-2H3. The van der Waals surface area contributed by atoms with Crippen LogP contribution in [0.3, 0.4) is 0 Å². The fourth-order valence-electron chi connectivity index (χ4n) is 1.38. The Morgan fingerprint density at radius 3 is 2.71 bits per heavy atom. The maximum Gasteiger partial charge on any atom is 0.275 e. The zero-order valence-corrected chi connectivity index (χ0v) is 10.2. The van der Waals surface area contributed by atoms with E-state index < -0.39 is 0 Å². The van der Waals surface area contributed by atoms with Crippen LogP contribution < -0.4 is 0 Å². The van der Waals surface area contributed by atoms with Crippen molar-refractivity contribution in [3.05, 3.63) is 30.0 Å². The molecule has 2 aromatic rings. The van der Waals surface area contributed by atoms with Crippen LogP contribution in [0.5, 0.6) is 5.75 Å². The predicted octanol–water partition coefficient (Wildman–Crippen LogP) is 1.61. The van der Waals surface area contributed by atoms with E-state index in [9.17, 15) is 9.90 Å². The molecule has 0 aliphatic rings. The van der Waals surface area contributed by atoms with Crippen molar-refractivity contribution in [1.82, 2.24) is 14.5 Å². The Morgan fingerprint density at radius 1 is 1.35 bits per heavy atom. The third-order valence-corrected chi connectivity index (χ3v) is 3.00. The van der Waals surface area contributed by atoms with Crippen molar-refractivity contribution < 1.29 is 9.90 Å². The van der Waals surface area contributed by atoms with Crippen molar-refractivity contribution in [2.45, 2.75) is 0 Å². The number of carbonyl (C=O) groups excluding carboxylic acids is 1. The summed E-state index contributed by atoms with van der Waals surface area (Å²) in [5.74, 6) is -0.108. The number of carbonyl (C=O) groups is 1. The lowest BCUT2D eigenvalue weighted by atomic mass is 10.1. The highest BCUT2D eigenvalue weighted by Gasteiger charge is 2.20. The average molecular weight is 249 g/mol. The number of amides is 1. The van der Waals surface area contributed by atoms with Gasteiger partial charge in [0.05, 0.1) is 4.88 Å². The minimum absolute atomic E-state index is 0.117. The molecule has 0 fully saturated rings. The van der Waals surface area contributed by atoms with Crippen molar-refractivity contribution in [1.29, 1.82) is 0 Å². The van der Waals surface area contributed by atoms with Crippen LogP contribution in [0.4, 0.5) is 0 Å². The Morgan fingerprint density at radius 2 is 2.06 bits per heavy atom. The molecule has 1 heterocycles. The summed E-state index contributed by atoms with van der Waals surface area (Å²) in [5, 5.41) is 13.6. The van der Waals surface area contributed by atoms with Gasteiger partial charge in [-0.2, -0.15) is 0 Å². The summed E-state index contributed by atoms with van der Waals surface area (Å²) >= 11 is 1.09. The lowest BCUT2D eigenvalue weighted by molar-refractivity contribution is 0.0822. The Labute approximate surface area is 102 Å². The van der Waals surface area contributed by atoms with Gasteiger partial charge in [-0.05, 0) is 23.7 Å². The summed E-state index contributed by atoms with van der Waals surface area (Å²) in [4.78, 5) is 13.9. The van der Waals surface area contributed by atoms with Crippen molar-refractivity contribution in [3.63, 3.8) is 0 Å². The van der Waals surface area contributed by atoms with Gasteiger partial charge in [-0.1, -0.05) is 16.6 Å². The second-order valence-corrected chi connectivity index (χ2v) is 4.42. The molecule has 0 saturated heterocycles. The maximum absolute atomic E-state index is 11.9. The third kappa shape index (κ3) is 2.12. The van der Waals surface area contributed by atoms with E-state index >= 15 is 0 Å². The number of phenolic OH excluding ortho intramolecular Hbond substituents is 1. The molecule has 88 valence electrons. The van der Waals surface area contributed by atoms with Crippen LogP contribution in [-0.4, -0.2) is 39.6 Å². The Kier molecular flexibility index (Phi) is 3.06. The molecule has 1 N–H and O–H groups in total. The molecule has 0 bridgehead atoms.